The average Bonchev–Trinajstić information content (AvgIpc) is 3.31. The van der Waals surface area contributed by atoms with Crippen LogP contribution >= 0.6 is 0 Å². The van der Waals surface area contributed by atoms with E-state index in [1.54, 1.807) is 0 Å². The predicted molar refractivity (Wildman–Crippen MR) is 117 cm³/mol. The fourth-order valence-electron chi connectivity index (χ4n) is 4.77. The van der Waals surface area contributed by atoms with Gasteiger partial charge in [-0.25, -0.2) is 0 Å². The molecule has 0 spiro atoms. The Labute approximate surface area is 188 Å². The van der Waals surface area contributed by atoms with E-state index in [1.807, 2.05) is 0 Å². The van der Waals surface area contributed by atoms with E-state index in [0.29, 0.717) is 44.6 Å². The molecule has 1 N–H and O–H groups in total. The van der Waals surface area contributed by atoms with Crippen LogP contribution in [0.1, 0.15) is 61.9 Å². The molecule has 0 unspecified atom stereocenters. The Hall–Kier alpha value is -2.09. The highest BCUT2D eigenvalue weighted by Gasteiger charge is 2.39. The number of hydrogen-bond acceptors (Lipinski definition) is 3. The number of carbonyl (C=O) groups excluding carboxylic acids is 2. The highest BCUT2D eigenvalue weighted by molar-refractivity contribution is 5.96. The lowest BCUT2D eigenvalue weighted by atomic mass is 9.94. The summed E-state index contributed by atoms with van der Waals surface area (Å²) in [5, 5.41) is 3.11. The first-order valence-electron chi connectivity index (χ1n) is 11.7. The summed E-state index contributed by atoms with van der Waals surface area (Å²) in [6, 6.07) is 4.70. The van der Waals surface area contributed by atoms with Crippen LogP contribution in [0.15, 0.2) is 24.3 Å². The number of piperazine rings is 1. The van der Waals surface area contributed by atoms with Gasteiger partial charge in [-0.3, -0.25) is 14.5 Å². The number of benzene rings is 1. The summed E-state index contributed by atoms with van der Waals surface area (Å²) in [4.78, 5) is 29.6. The van der Waals surface area contributed by atoms with E-state index in [2.05, 4.69) is 24.1 Å². The Morgan fingerprint density at radius 1 is 1.09 bits per heavy atom. The van der Waals surface area contributed by atoms with Gasteiger partial charge in [0.1, 0.15) is 0 Å². The molecule has 2 aliphatic rings. The lowest BCUT2D eigenvalue weighted by molar-refractivity contribution is -0.138. The monoisotopic (exact) mass is 453 g/mol. The van der Waals surface area contributed by atoms with Crippen LogP contribution in [0, 0.1) is 11.8 Å². The summed E-state index contributed by atoms with van der Waals surface area (Å²) in [6.07, 6.45) is 0.682. The molecular formula is C24H34F3N3O2. The van der Waals surface area contributed by atoms with Crippen LogP contribution in [-0.4, -0.2) is 60.4 Å². The molecule has 1 aromatic carbocycles. The summed E-state index contributed by atoms with van der Waals surface area (Å²) in [5.41, 5.74) is -1.22. The van der Waals surface area contributed by atoms with Gasteiger partial charge in [0.05, 0.1) is 17.2 Å². The van der Waals surface area contributed by atoms with Crippen molar-refractivity contribution in [3.05, 3.63) is 35.4 Å². The van der Waals surface area contributed by atoms with Crippen molar-refractivity contribution in [2.24, 2.45) is 11.8 Å². The third-order valence-electron chi connectivity index (χ3n) is 6.89. The molecule has 0 aromatic heterocycles. The maximum absolute atomic E-state index is 13.3. The number of amides is 2. The molecule has 1 aliphatic heterocycles. The van der Waals surface area contributed by atoms with Crippen molar-refractivity contribution >= 4 is 11.8 Å². The van der Waals surface area contributed by atoms with Gasteiger partial charge in [0.15, 0.2) is 0 Å². The van der Waals surface area contributed by atoms with Crippen molar-refractivity contribution in [3.63, 3.8) is 0 Å². The van der Waals surface area contributed by atoms with Crippen molar-refractivity contribution in [1.82, 2.24) is 15.1 Å². The second-order valence-corrected chi connectivity index (χ2v) is 9.12. The number of alkyl halides is 3. The highest BCUT2D eigenvalue weighted by atomic mass is 19.4. The molecular weight excluding hydrogens is 419 g/mol. The molecule has 2 fully saturated rings. The molecule has 1 saturated carbocycles. The quantitative estimate of drug-likeness (QED) is 0.674. The Balaban J connectivity index is 1.67. The van der Waals surface area contributed by atoms with Crippen molar-refractivity contribution < 1.29 is 22.8 Å². The number of halogens is 3. The minimum absolute atomic E-state index is 0.0411. The predicted octanol–water partition coefficient (Wildman–Crippen LogP) is 4.18. The highest BCUT2D eigenvalue weighted by Crippen LogP contribution is 2.33. The number of carbonyl (C=O) groups is 2. The number of rotatable bonds is 7. The molecule has 178 valence electrons. The van der Waals surface area contributed by atoms with E-state index in [9.17, 15) is 22.8 Å². The smallest absolute Gasteiger partial charge is 0.354 e. The van der Waals surface area contributed by atoms with Gasteiger partial charge in [-0.1, -0.05) is 45.2 Å². The molecule has 3 rings (SSSR count). The first-order chi connectivity index (χ1) is 15.2. The zero-order chi connectivity index (χ0) is 23.3. The van der Waals surface area contributed by atoms with Gasteiger partial charge in [0, 0.05) is 32.7 Å². The first kappa shape index (κ1) is 24.6. The maximum atomic E-state index is 13.3. The SMILES string of the molecule is CC[C@H](C)CNC(=O)[C@H](C1CCCC1)N1CCN(C(=O)c2ccccc2C(F)(F)F)CC1. The third-order valence-corrected chi connectivity index (χ3v) is 6.89. The largest absolute Gasteiger partial charge is 0.417 e. The van der Waals surface area contributed by atoms with Gasteiger partial charge in [-0.15, -0.1) is 0 Å². The summed E-state index contributed by atoms with van der Waals surface area (Å²) < 4.78 is 40.0. The van der Waals surface area contributed by atoms with Crippen LogP contribution < -0.4 is 5.32 Å². The summed E-state index contributed by atoms with van der Waals surface area (Å²) in [6.45, 7) is 6.44. The Bertz CT molecular complexity index is 785. The van der Waals surface area contributed by atoms with Crippen LogP contribution in [0.4, 0.5) is 13.2 Å². The van der Waals surface area contributed by atoms with Crippen LogP contribution in [0.5, 0.6) is 0 Å². The second kappa shape index (κ2) is 10.7. The fraction of sp³-hybridized carbons (Fsp3) is 0.667. The number of hydrogen-bond donors (Lipinski definition) is 1. The Morgan fingerprint density at radius 2 is 1.72 bits per heavy atom. The standard InChI is InChI=1S/C24H34F3N3O2/c1-3-17(2)16-28-22(31)21(18-8-4-5-9-18)29-12-14-30(15-13-29)23(32)19-10-6-7-11-20(19)24(25,26)27/h6-7,10-11,17-18,21H,3-5,8-9,12-16H2,1-2H3,(H,28,31)/t17-,21-/m0/s1. The van der Waals surface area contributed by atoms with E-state index in [1.165, 1.54) is 23.1 Å². The minimum atomic E-state index is -4.57. The summed E-state index contributed by atoms with van der Waals surface area (Å²) >= 11 is 0. The van der Waals surface area contributed by atoms with E-state index < -0.39 is 17.6 Å². The molecule has 8 heteroatoms. The van der Waals surface area contributed by atoms with Crippen molar-refractivity contribution in [2.75, 3.05) is 32.7 Å². The normalized spacial score (nSPS) is 20.2. The molecule has 0 bridgehead atoms. The van der Waals surface area contributed by atoms with Crippen LogP contribution in [0.2, 0.25) is 0 Å². The molecule has 1 heterocycles. The van der Waals surface area contributed by atoms with Gasteiger partial charge in [0.25, 0.3) is 5.91 Å². The van der Waals surface area contributed by atoms with Crippen LogP contribution in [0.3, 0.4) is 0 Å². The maximum Gasteiger partial charge on any atom is 0.417 e. The molecule has 1 aliphatic carbocycles. The van der Waals surface area contributed by atoms with Crippen molar-refractivity contribution in [2.45, 2.75) is 58.2 Å². The molecule has 1 saturated heterocycles. The van der Waals surface area contributed by atoms with E-state index in [0.717, 1.165) is 38.2 Å². The number of nitrogens with one attached hydrogen (secondary N) is 1. The fourth-order valence-corrected chi connectivity index (χ4v) is 4.77. The lowest BCUT2D eigenvalue weighted by Gasteiger charge is -2.41. The third kappa shape index (κ3) is 5.82. The zero-order valence-corrected chi connectivity index (χ0v) is 19.0. The van der Waals surface area contributed by atoms with Crippen LogP contribution in [-0.2, 0) is 11.0 Å². The zero-order valence-electron chi connectivity index (χ0n) is 19.0. The molecule has 2 amide bonds. The minimum Gasteiger partial charge on any atom is -0.354 e. The molecule has 2 atom stereocenters. The molecule has 1 aromatic rings. The van der Waals surface area contributed by atoms with Gasteiger partial charge in [0.2, 0.25) is 5.91 Å². The van der Waals surface area contributed by atoms with Gasteiger partial charge in [-0.2, -0.15) is 13.2 Å². The number of nitrogens with zero attached hydrogens (tertiary/aromatic N) is 2. The van der Waals surface area contributed by atoms with E-state index >= 15 is 0 Å². The molecule has 5 nitrogen and oxygen atoms in total. The first-order valence-corrected chi connectivity index (χ1v) is 11.7. The Morgan fingerprint density at radius 3 is 2.31 bits per heavy atom. The van der Waals surface area contributed by atoms with Crippen molar-refractivity contribution in [1.29, 1.82) is 0 Å². The second-order valence-electron chi connectivity index (χ2n) is 9.12. The topological polar surface area (TPSA) is 52.7 Å². The van der Waals surface area contributed by atoms with Crippen molar-refractivity contribution in [3.8, 4) is 0 Å². The Kier molecular flexibility index (Phi) is 8.20. The molecule has 32 heavy (non-hydrogen) atoms. The summed E-state index contributed by atoms with van der Waals surface area (Å²) in [5.74, 6) is 0.141. The average molecular weight is 454 g/mol. The van der Waals surface area contributed by atoms with E-state index in [4.69, 9.17) is 0 Å². The molecule has 0 radical (unpaired) electrons. The van der Waals surface area contributed by atoms with Gasteiger partial charge < -0.3 is 10.2 Å². The van der Waals surface area contributed by atoms with Gasteiger partial charge >= 0.3 is 6.18 Å². The van der Waals surface area contributed by atoms with Gasteiger partial charge in [-0.05, 0) is 36.8 Å². The summed E-state index contributed by atoms with van der Waals surface area (Å²) in [7, 11) is 0. The van der Waals surface area contributed by atoms with E-state index in [-0.39, 0.29) is 17.5 Å². The van der Waals surface area contributed by atoms with Crippen LogP contribution in [0.25, 0.3) is 0 Å². The lowest BCUT2D eigenvalue weighted by Crippen LogP contribution is -2.58.